The maximum Gasteiger partial charge on any atom is 0.252 e. The van der Waals surface area contributed by atoms with Gasteiger partial charge >= 0.3 is 0 Å². The number of rotatable bonds is 5. The number of guanidine groups is 1. The summed E-state index contributed by atoms with van der Waals surface area (Å²) in [5, 5.41) is 17.9. The molecule has 1 aromatic carbocycles. The monoisotopic (exact) mass is 516 g/mol. The number of nitriles is 1. The van der Waals surface area contributed by atoms with Crippen LogP contribution < -0.4 is 16.0 Å². The molecule has 2 aromatic rings. The molecule has 1 aromatic heterocycles. The lowest BCUT2D eigenvalue weighted by Crippen LogP contribution is -2.44. The number of carbonyl (C=O) groups is 1. The number of aromatic amines is 1. The molecule has 0 radical (unpaired) electrons. The molecule has 1 saturated heterocycles. The molecule has 0 saturated carbocycles. The number of nitrogens with one attached hydrogen (secondary N) is 4. The molecule has 198 valence electrons. The number of benzene rings is 1. The minimum absolute atomic E-state index is 0.0461. The number of likely N-dealkylation sites (N-methyl/N-ethyl adjacent to an activating group) is 1. The van der Waals surface area contributed by atoms with Crippen molar-refractivity contribution in [3.8, 4) is 6.07 Å². The van der Waals surface area contributed by atoms with Gasteiger partial charge in [-0.2, -0.15) is 5.26 Å². The maximum absolute atomic E-state index is 15.3. The molecule has 3 aliphatic heterocycles. The molecular weight excluding hydrogens is 483 g/mol. The lowest BCUT2D eigenvalue weighted by molar-refractivity contribution is 0.0958. The predicted molar refractivity (Wildman–Crippen MR) is 145 cm³/mol. The number of carbonyl (C=O) groups excluding carboxylic acids is 1. The van der Waals surface area contributed by atoms with Crippen LogP contribution in [0.15, 0.2) is 64.8 Å². The summed E-state index contributed by atoms with van der Waals surface area (Å²) in [5.41, 5.74) is 2.42. The summed E-state index contributed by atoms with van der Waals surface area (Å²) < 4.78 is 15.3. The van der Waals surface area contributed by atoms with Gasteiger partial charge in [0.25, 0.3) is 5.91 Å². The average Bonchev–Trinajstić information content (AvgIpc) is 3.39. The molecule has 0 spiro atoms. The van der Waals surface area contributed by atoms with Crippen LogP contribution in [0, 0.1) is 17.2 Å². The van der Waals surface area contributed by atoms with Crippen molar-refractivity contribution in [2.24, 2.45) is 10.9 Å². The summed E-state index contributed by atoms with van der Waals surface area (Å²) in [6, 6.07) is 11.1. The number of likely N-dealkylation sites (tertiary alicyclic amines) is 1. The quantitative estimate of drug-likeness (QED) is 0.454. The summed E-state index contributed by atoms with van der Waals surface area (Å²) in [4.78, 5) is 24.8. The zero-order valence-corrected chi connectivity index (χ0v) is 21.9. The van der Waals surface area contributed by atoms with Crippen molar-refractivity contribution >= 4 is 17.7 Å². The van der Waals surface area contributed by atoms with E-state index in [2.05, 4.69) is 32.9 Å². The number of fused-ring (bicyclic) bond motifs is 1. The number of allylic oxidation sites excluding steroid dienone is 2. The van der Waals surface area contributed by atoms with E-state index in [1.54, 1.807) is 18.2 Å². The van der Waals surface area contributed by atoms with Crippen LogP contribution in [0.4, 0.5) is 10.2 Å². The van der Waals surface area contributed by atoms with Gasteiger partial charge < -0.3 is 30.7 Å². The SMILES string of the molecule is CN1CCC(C2=C(F)C=C(NC3=NC(C)(c4ccc(C(=O)NCC#N)cc4)c4cc[nH]c4N3)N(C)C2)CC1. The van der Waals surface area contributed by atoms with Crippen molar-refractivity contribution in [3.63, 3.8) is 0 Å². The molecule has 4 N–H and O–H groups in total. The zero-order valence-electron chi connectivity index (χ0n) is 21.9. The standard InChI is InChI=1S/C28H33FN8O/c1-28(20-6-4-19(5-7-20)26(38)32-13-11-30)22-8-12-31-25(22)34-27(35-28)33-24-16-23(29)21(17-37(24)3)18-9-14-36(2)15-10-18/h4-8,12,16,18,31H,9-10,13-15,17H2,1-3H3,(H,32,38)(H2,33,34,35). The summed E-state index contributed by atoms with van der Waals surface area (Å²) >= 11 is 0. The van der Waals surface area contributed by atoms with E-state index in [1.165, 1.54) is 0 Å². The first-order chi connectivity index (χ1) is 18.3. The third kappa shape index (κ3) is 4.89. The van der Waals surface area contributed by atoms with Crippen molar-refractivity contribution in [1.82, 2.24) is 25.4 Å². The summed E-state index contributed by atoms with van der Waals surface area (Å²) in [6.45, 7) is 4.47. The summed E-state index contributed by atoms with van der Waals surface area (Å²) in [5.74, 6) is 1.72. The second-order valence-electron chi connectivity index (χ2n) is 10.3. The van der Waals surface area contributed by atoms with E-state index in [9.17, 15) is 4.79 Å². The maximum atomic E-state index is 15.3. The first-order valence-electron chi connectivity index (χ1n) is 12.9. The van der Waals surface area contributed by atoms with Gasteiger partial charge in [0.2, 0.25) is 5.96 Å². The Balaban J connectivity index is 1.40. The number of piperidine rings is 1. The number of hydrogen-bond donors (Lipinski definition) is 4. The fourth-order valence-electron chi connectivity index (χ4n) is 5.43. The van der Waals surface area contributed by atoms with Crippen LogP contribution in [-0.2, 0) is 5.54 Å². The first-order valence-corrected chi connectivity index (χ1v) is 12.9. The lowest BCUT2D eigenvalue weighted by atomic mass is 9.85. The van der Waals surface area contributed by atoms with Crippen LogP contribution in [0.5, 0.6) is 0 Å². The van der Waals surface area contributed by atoms with Gasteiger partial charge in [-0.1, -0.05) is 12.1 Å². The van der Waals surface area contributed by atoms with E-state index in [1.807, 2.05) is 49.3 Å². The second kappa shape index (κ2) is 10.3. The van der Waals surface area contributed by atoms with Gasteiger partial charge in [-0.15, -0.1) is 0 Å². The Bertz CT molecular complexity index is 1340. The minimum Gasteiger partial charge on any atom is -0.357 e. The Hall–Kier alpha value is -4.10. The van der Waals surface area contributed by atoms with Gasteiger partial charge in [0, 0.05) is 37.0 Å². The molecule has 1 amide bonds. The molecule has 3 aliphatic rings. The van der Waals surface area contributed by atoms with Gasteiger partial charge in [0.05, 0.1) is 6.07 Å². The third-order valence-electron chi connectivity index (χ3n) is 7.73. The van der Waals surface area contributed by atoms with Crippen LogP contribution in [-0.4, -0.2) is 66.9 Å². The molecule has 10 heteroatoms. The number of nitrogens with zero attached hydrogens (tertiary/aromatic N) is 4. The smallest absolute Gasteiger partial charge is 0.252 e. The highest BCUT2D eigenvalue weighted by molar-refractivity contribution is 5.97. The van der Waals surface area contributed by atoms with Crippen molar-refractivity contribution in [3.05, 3.63) is 76.5 Å². The zero-order chi connectivity index (χ0) is 26.9. The van der Waals surface area contributed by atoms with Gasteiger partial charge in [-0.3, -0.25) is 4.79 Å². The lowest BCUT2D eigenvalue weighted by Gasteiger charge is -2.37. The minimum atomic E-state index is -0.758. The highest BCUT2D eigenvalue weighted by atomic mass is 19.1. The molecule has 1 atom stereocenters. The molecule has 1 unspecified atom stereocenters. The van der Waals surface area contributed by atoms with E-state index in [0.717, 1.165) is 48.4 Å². The topological polar surface area (TPSA) is 112 Å². The van der Waals surface area contributed by atoms with Crippen molar-refractivity contribution in [2.75, 3.05) is 45.6 Å². The highest BCUT2D eigenvalue weighted by Crippen LogP contribution is 2.40. The highest BCUT2D eigenvalue weighted by Gasteiger charge is 2.36. The van der Waals surface area contributed by atoms with Crippen LogP contribution in [0.25, 0.3) is 0 Å². The van der Waals surface area contributed by atoms with Gasteiger partial charge in [0.1, 0.15) is 29.5 Å². The van der Waals surface area contributed by atoms with E-state index in [0.29, 0.717) is 23.9 Å². The Morgan fingerprint density at radius 3 is 2.68 bits per heavy atom. The Labute approximate surface area is 222 Å². The first kappa shape index (κ1) is 25.5. The van der Waals surface area contributed by atoms with Crippen LogP contribution in [0.1, 0.15) is 41.3 Å². The normalized spacial score (nSPS) is 22.1. The molecular formula is C28H33FN8O. The largest absolute Gasteiger partial charge is 0.357 e. The van der Waals surface area contributed by atoms with Crippen LogP contribution in [0.2, 0.25) is 0 Å². The fraction of sp³-hybridized carbons (Fsp3) is 0.393. The second-order valence-corrected chi connectivity index (χ2v) is 10.3. The van der Waals surface area contributed by atoms with Crippen LogP contribution >= 0.6 is 0 Å². The number of aliphatic imine (C=N–C) groups is 1. The molecule has 0 aliphatic carbocycles. The van der Waals surface area contributed by atoms with Crippen LogP contribution in [0.3, 0.4) is 0 Å². The third-order valence-corrected chi connectivity index (χ3v) is 7.73. The van der Waals surface area contributed by atoms with E-state index in [-0.39, 0.29) is 24.2 Å². The molecule has 4 heterocycles. The molecule has 5 rings (SSSR count). The number of aromatic nitrogens is 1. The Morgan fingerprint density at radius 2 is 1.97 bits per heavy atom. The number of amides is 1. The number of halogens is 1. The molecule has 9 nitrogen and oxygen atoms in total. The van der Waals surface area contributed by atoms with E-state index < -0.39 is 5.54 Å². The number of H-pyrrole nitrogens is 1. The van der Waals surface area contributed by atoms with Gasteiger partial charge in [-0.25, -0.2) is 9.38 Å². The fourth-order valence-corrected chi connectivity index (χ4v) is 5.43. The van der Waals surface area contributed by atoms with Crippen molar-refractivity contribution in [1.29, 1.82) is 5.26 Å². The molecule has 1 fully saturated rings. The number of hydrogen-bond acceptors (Lipinski definition) is 7. The molecule has 38 heavy (non-hydrogen) atoms. The van der Waals surface area contributed by atoms with Gasteiger partial charge in [-0.05, 0) is 75.2 Å². The Kier molecular flexibility index (Phi) is 6.95. The average molecular weight is 517 g/mol. The van der Waals surface area contributed by atoms with Crippen molar-refractivity contribution in [2.45, 2.75) is 25.3 Å². The number of anilines is 1. The Morgan fingerprint density at radius 1 is 1.24 bits per heavy atom. The predicted octanol–water partition coefficient (Wildman–Crippen LogP) is 3.25. The van der Waals surface area contributed by atoms with E-state index >= 15 is 4.39 Å². The summed E-state index contributed by atoms with van der Waals surface area (Å²) in [7, 11) is 4.07. The van der Waals surface area contributed by atoms with E-state index in [4.69, 9.17) is 10.3 Å². The summed E-state index contributed by atoms with van der Waals surface area (Å²) in [6.07, 6.45) is 5.37. The molecule has 0 bridgehead atoms. The van der Waals surface area contributed by atoms with Gasteiger partial charge in [0.15, 0.2) is 0 Å². The van der Waals surface area contributed by atoms with Crippen molar-refractivity contribution < 1.29 is 9.18 Å².